The van der Waals surface area contributed by atoms with Crippen molar-refractivity contribution in [3.63, 3.8) is 0 Å². The van der Waals surface area contributed by atoms with Gasteiger partial charge in [0.05, 0.1) is 25.2 Å². The van der Waals surface area contributed by atoms with E-state index in [1.165, 1.54) is 0 Å². The topological polar surface area (TPSA) is 75.9 Å². The summed E-state index contributed by atoms with van der Waals surface area (Å²) >= 11 is 0. The van der Waals surface area contributed by atoms with Crippen LogP contribution in [-0.2, 0) is 14.3 Å². The fraction of sp³-hybridized carbons (Fsp3) is 0.867. The van der Waals surface area contributed by atoms with Crippen LogP contribution in [0.4, 0.5) is 0 Å². The molecule has 2 fully saturated rings. The molecule has 2 N–H and O–H groups in total. The lowest BCUT2D eigenvalue weighted by atomic mass is 9.94. The first kappa shape index (κ1) is 19.2. The van der Waals surface area contributed by atoms with Gasteiger partial charge in [0.1, 0.15) is 0 Å². The summed E-state index contributed by atoms with van der Waals surface area (Å²) in [4.78, 5) is 28.5. The quantitative estimate of drug-likeness (QED) is 0.815. The highest BCUT2D eigenvalue weighted by molar-refractivity contribution is 5.85. The summed E-state index contributed by atoms with van der Waals surface area (Å²) in [7, 11) is 0. The second-order valence-corrected chi connectivity index (χ2v) is 6.33. The van der Waals surface area contributed by atoms with E-state index in [0.29, 0.717) is 39.4 Å². The van der Waals surface area contributed by atoms with Crippen LogP contribution in [0.2, 0.25) is 0 Å². The number of ether oxygens (including phenoxy) is 1. The van der Waals surface area contributed by atoms with Crippen LogP contribution in [0.3, 0.4) is 0 Å². The Kier molecular flexibility index (Phi) is 7.59. The summed E-state index contributed by atoms with van der Waals surface area (Å²) in [5.74, 6) is 0.173. The first-order valence-electron chi connectivity index (χ1n) is 7.91. The summed E-state index contributed by atoms with van der Waals surface area (Å²) in [5, 5.41) is 0. The number of halogens is 1. The molecule has 7 heteroatoms. The second kappa shape index (κ2) is 8.70. The van der Waals surface area contributed by atoms with Gasteiger partial charge in [0.15, 0.2) is 0 Å². The summed E-state index contributed by atoms with van der Waals surface area (Å²) in [5.41, 5.74) is 5.95. The van der Waals surface area contributed by atoms with Crippen molar-refractivity contribution in [2.45, 2.75) is 32.7 Å². The van der Waals surface area contributed by atoms with Crippen molar-refractivity contribution >= 4 is 24.2 Å². The Morgan fingerprint density at radius 1 is 1.14 bits per heavy atom. The molecule has 22 heavy (non-hydrogen) atoms. The third kappa shape index (κ3) is 4.57. The number of carbonyl (C=O) groups excluding carboxylic acids is 2. The van der Waals surface area contributed by atoms with Gasteiger partial charge in [0, 0.05) is 26.2 Å². The molecule has 0 saturated carbocycles. The smallest absolute Gasteiger partial charge is 0.239 e. The number of piperidine rings is 1. The zero-order valence-electron chi connectivity index (χ0n) is 13.5. The van der Waals surface area contributed by atoms with E-state index in [2.05, 4.69) is 0 Å². The van der Waals surface area contributed by atoms with E-state index in [1.54, 1.807) is 4.90 Å². The number of amides is 2. The molecule has 2 aliphatic rings. The van der Waals surface area contributed by atoms with Gasteiger partial charge in [0.25, 0.3) is 0 Å². The number of morpholine rings is 1. The zero-order chi connectivity index (χ0) is 15.4. The normalized spacial score (nSPS) is 23.9. The summed E-state index contributed by atoms with van der Waals surface area (Å²) in [6.45, 7) is 7.66. The number of hydrogen-bond donors (Lipinski definition) is 1. The Labute approximate surface area is 138 Å². The molecule has 0 bridgehead atoms. The van der Waals surface area contributed by atoms with Gasteiger partial charge in [-0.15, -0.1) is 12.4 Å². The molecule has 2 rings (SSSR count). The van der Waals surface area contributed by atoms with Crippen LogP contribution in [0, 0.1) is 11.8 Å². The predicted octanol–water partition coefficient (Wildman–Crippen LogP) is 0.489. The fourth-order valence-electron chi connectivity index (χ4n) is 2.92. The summed E-state index contributed by atoms with van der Waals surface area (Å²) in [6.07, 6.45) is 1.73. The van der Waals surface area contributed by atoms with Crippen molar-refractivity contribution in [3.8, 4) is 0 Å². The van der Waals surface area contributed by atoms with Crippen LogP contribution in [-0.4, -0.2) is 67.0 Å². The molecule has 2 atom stereocenters. The van der Waals surface area contributed by atoms with Gasteiger partial charge in [-0.3, -0.25) is 9.59 Å². The Hall–Kier alpha value is -0.850. The molecule has 128 valence electrons. The first-order valence-corrected chi connectivity index (χ1v) is 7.91. The number of hydrogen-bond acceptors (Lipinski definition) is 4. The monoisotopic (exact) mass is 333 g/mol. The van der Waals surface area contributed by atoms with Crippen LogP contribution >= 0.6 is 12.4 Å². The molecule has 2 aliphatic heterocycles. The molecule has 2 amide bonds. The van der Waals surface area contributed by atoms with Crippen LogP contribution in [0.25, 0.3) is 0 Å². The average Bonchev–Trinajstić information content (AvgIpc) is 2.53. The first-order chi connectivity index (χ1) is 10.0. The van der Waals surface area contributed by atoms with Crippen LogP contribution in [0.5, 0.6) is 0 Å². The Morgan fingerprint density at radius 2 is 1.77 bits per heavy atom. The largest absolute Gasteiger partial charge is 0.378 e. The lowest BCUT2D eigenvalue weighted by molar-refractivity contribution is -0.144. The lowest BCUT2D eigenvalue weighted by Gasteiger charge is -2.37. The van der Waals surface area contributed by atoms with Gasteiger partial charge < -0.3 is 20.3 Å². The van der Waals surface area contributed by atoms with Gasteiger partial charge in [-0.25, -0.2) is 0 Å². The van der Waals surface area contributed by atoms with Crippen molar-refractivity contribution in [1.82, 2.24) is 9.80 Å². The SMILES string of the molecule is CC(C)[C@H](N)C(=O)N1CCCC(C(=O)N2CCOCC2)C1.Cl. The molecule has 0 radical (unpaired) electrons. The van der Waals surface area contributed by atoms with Crippen molar-refractivity contribution in [3.05, 3.63) is 0 Å². The molecule has 0 aromatic carbocycles. The van der Waals surface area contributed by atoms with E-state index in [4.69, 9.17) is 10.5 Å². The number of carbonyl (C=O) groups is 2. The molecular formula is C15H28ClN3O3. The number of nitrogens with two attached hydrogens (primary N) is 1. The van der Waals surface area contributed by atoms with E-state index in [1.807, 2.05) is 18.7 Å². The third-order valence-electron chi connectivity index (χ3n) is 4.41. The van der Waals surface area contributed by atoms with E-state index >= 15 is 0 Å². The van der Waals surface area contributed by atoms with Crippen molar-refractivity contribution in [1.29, 1.82) is 0 Å². The minimum Gasteiger partial charge on any atom is -0.378 e. The van der Waals surface area contributed by atoms with Gasteiger partial charge in [-0.05, 0) is 18.8 Å². The van der Waals surface area contributed by atoms with E-state index in [-0.39, 0.29) is 36.1 Å². The maximum Gasteiger partial charge on any atom is 0.239 e. The molecule has 0 spiro atoms. The van der Waals surface area contributed by atoms with Crippen molar-refractivity contribution in [2.75, 3.05) is 39.4 Å². The Balaban J connectivity index is 0.00000242. The molecule has 0 aromatic rings. The molecule has 0 aromatic heterocycles. The fourth-order valence-corrected chi connectivity index (χ4v) is 2.92. The van der Waals surface area contributed by atoms with Crippen LogP contribution in [0.1, 0.15) is 26.7 Å². The highest BCUT2D eigenvalue weighted by Gasteiger charge is 2.33. The molecule has 2 saturated heterocycles. The third-order valence-corrected chi connectivity index (χ3v) is 4.41. The maximum atomic E-state index is 12.5. The Bertz CT molecular complexity index is 386. The standard InChI is InChI=1S/C15H27N3O3.ClH/c1-11(2)13(16)15(20)18-5-3-4-12(10-18)14(19)17-6-8-21-9-7-17;/h11-13H,3-10,16H2,1-2H3;1H/t12?,13-;/m0./s1. The van der Waals surface area contributed by atoms with Crippen molar-refractivity contribution < 1.29 is 14.3 Å². The minimum absolute atomic E-state index is 0. The van der Waals surface area contributed by atoms with E-state index in [0.717, 1.165) is 12.8 Å². The van der Waals surface area contributed by atoms with Crippen LogP contribution in [0.15, 0.2) is 0 Å². The number of rotatable bonds is 3. The highest BCUT2D eigenvalue weighted by Crippen LogP contribution is 2.20. The maximum absolute atomic E-state index is 12.5. The van der Waals surface area contributed by atoms with E-state index < -0.39 is 6.04 Å². The molecule has 1 unspecified atom stereocenters. The molecule has 6 nitrogen and oxygen atoms in total. The van der Waals surface area contributed by atoms with E-state index in [9.17, 15) is 9.59 Å². The number of likely N-dealkylation sites (tertiary alicyclic amines) is 1. The molecule has 0 aliphatic carbocycles. The molecule has 2 heterocycles. The minimum atomic E-state index is -0.470. The summed E-state index contributed by atoms with van der Waals surface area (Å²) < 4.78 is 5.28. The van der Waals surface area contributed by atoms with Crippen LogP contribution < -0.4 is 5.73 Å². The highest BCUT2D eigenvalue weighted by atomic mass is 35.5. The van der Waals surface area contributed by atoms with Gasteiger partial charge in [0.2, 0.25) is 11.8 Å². The Morgan fingerprint density at radius 3 is 2.36 bits per heavy atom. The predicted molar refractivity (Wildman–Crippen MR) is 86.8 cm³/mol. The van der Waals surface area contributed by atoms with Gasteiger partial charge >= 0.3 is 0 Å². The van der Waals surface area contributed by atoms with Crippen molar-refractivity contribution in [2.24, 2.45) is 17.6 Å². The zero-order valence-corrected chi connectivity index (χ0v) is 14.3. The van der Waals surface area contributed by atoms with Gasteiger partial charge in [-0.1, -0.05) is 13.8 Å². The average molecular weight is 334 g/mol. The lowest BCUT2D eigenvalue weighted by Crippen LogP contribution is -2.53. The molecular weight excluding hydrogens is 306 g/mol. The second-order valence-electron chi connectivity index (χ2n) is 6.33. The number of nitrogens with zero attached hydrogens (tertiary/aromatic N) is 2. The summed E-state index contributed by atoms with van der Waals surface area (Å²) in [6, 6.07) is -0.470. The van der Waals surface area contributed by atoms with Gasteiger partial charge in [-0.2, -0.15) is 0 Å².